The van der Waals surface area contributed by atoms with Gasteiger partial charge in [-0.15, -0.1) is 11.3 Å². The first-order chi connectivity index (χ1) is 7.41. The molecule has 3 N–H and O–H groups in total. The van der Waals surface area contributed by atoms with E-state index < -0.39 is 12.2 Å². The number of amides is 1. The molecule has 1 aromatic rings. The average Bonchev–Trinajstić information content (AvgIpc) is 2.54. The van der Waals surface area contributed by atoms with Crippen LogP contribution < -0.4 is 5.32 Å². The summed E-state index contributed by atoms with van der Waals surface area (Å²) in [5.74, 6) is -0.238. The summed E-state index contributed by atoms with van der Waals surface area (Å²) in [4.78, 5) is 15.8. The van der Waals surface area contributed by atoms with Crippen molar-refractivity contribution < 1.29 is 15.0 Å². The van der Waals surface area contributed by atoms with Gasteiger partial charge in [0.1, 0.15) is 17.2 Å². The lowest BCUT2D eigenvalue weighted by molar-refractivity contribution is -0.119. The Morgan fingerprint density at radius 3 is 2.56 bits per heavy atom. The van der Waals surface area contributed by atoms with Crippen LogP contribution in [0, 0.1) is 13.8 Å². The second-order valence-electron chi connectivity index (χ2n) is 3.64. The zero-order chi connectivity index (χ0) is 12.3. The van der Waals surface area contributed by atoms with Crippen LogP contribution >= 0.6 is 11.3 Å². The first kappa shape index (κ1) is 13.1. The lowest BCUT2D eigenvalue weighted by atomic mass is 10.2. The maximum Gasteiger partial charge on any atom is 0.216 e. The van der Waals surface area contributed by atoms with E-state index in [1.807, 2.05) is 13.8 Å². The van der Waals surface area contributed by atoms with E-state index in [9.17, 15) is 15.0 Å². The van der Waals surface area contributed by atoms with Gasteiger partial charge in [0.15, 0.2) is 0 Å². The van der Waals surface area contributed by atoms with Gasteiger partial charge in [-0.2, -0.15) is 0 Å². The molecule has 16 heavy (non-hydrogen) atoms. The van der Waals surface area contributed by atoms with Crippen molar-refractivity contribution in [2.45, 2.75) is 33.0 Å². The Labute approximate surface area is 98.1 Å². The van der Waals surface area contributed by atoms with E-state index in [4.69, 9.17) is 0 Å². The zero-order valence-corrected chi connectivity index (χ0v) is 10.3. The second-order valence-corrected chi connectivity index (χ2v) is 4.88. The molecular weight excluding hydrogens is 228 g/mol. The monoisotopic (exact) mass is 244 g/mol. The number of nitrogens with zero attached hydrogens (tertiary/aromatic N) is 1. The third-order valence-electron chi connectivity index (χ3n) is 2.22. The van der Waals surface area contributed by atoms with Gasteiger partial charge in [0.25, 0.3) is 0 Å². The molecule has 1 rings (SSSR count). The summed E-state index contributed by atoms with van der Waals surface area (Å²) >= 11 is 1.35. The Hall–Kier alpha value is -0.980. The minimum atomic E-state index is -1.05. The molecule has 0 aliphatic rings. The van der Waals surface area contributed by atoms with Crippen molar-refractivity contribution in [1.82, 2.24) is 10.3 Å². The highest BCUT2D eigenvalue weighted by molar-refractivity contribution is 7.11. The van der Waals surface area contributed by atoms with Crippen LogP contribution in [0.4, 0.5) is 0 Å². The molecule has 0 saturated carbocycles. The van der Waals surface area contributed by atoms with E-state index in [0.29, 0.717) is 5.01 Å². The summed E-state index contributed by atoms with van der Waals surface area (Å²) in [7, 11) is 0. The standard InChI is InChI=1S/C10H16N2O3S/c1-5-6(2)16-10(12-5)9(15)8(14)4-11-7(3)13/h8-9,14-15H,4H2,1-3H3,(H,11,13). The van der Waals surface area contributed by atoms with Gasteiger partial charge in [-0.1, -0.05) is 0 Å². The van der Waals surface area contributed by atoms with E-state index in [1.165, 1.54) is 18.3 Å². The predicted molar refractivity (Wildman–Crippen MR) is 61.2 cm³/mol. The molecule has 2 atom stereocenters. The fourth-order valence-electron chi connectivity index (χ4n) is 1.15. The normalized spacial score (nSPS) is 14.6. The Bertz CT molecular complexity index is 359. The molecule has 1 amide bonds. The van der Waals surface area contributed by atoms with Crippen molar-refractivity contribution in [2.24, 2.45) is 0 Å². The van der Waals surface area contributed by atoms with Crippen LogP contribution in [-0.2, 0) is 4.79 Å². The predicted octanol–water partition coefficient (Wildman–Crippen LogP) is 0.290. The van der Waals surface area contributed by atoms with Gasteiger partial charge in [-0.05, 0) is 13.8 Å². The van der Waals surface area contributed by atoms with Crippen LogP contribution in [0.1, 0.15) is 28.6 Å². The Morgan fingerprint density at radius 1 is 1.50 bits per heavy atom. The fourth-order valence-corrected chi connectivity index (χ4v) is 2.12. The minimum absolute atomic E-state index is 0.0220. The van der Waals surface area contributed by atoms with Crippen LogP contribution in [0.15, 0.2) is 0 Å². The van der Waals surface area contributed by atoms with E-state index in [2.05, 4.69) is 10.3 Å². The number of nitrogens with one attached hydrogen (secondary N) is 1. The van der Waals surface area contributed by atoms with Gasteiger partial charge >= 0.3 is 0 Å². The van der Waals surface area contributed by atoms with E-state index in [1.54, 1.807) is 0 Å². The summed E-state index contributed by atoms with van der Waals surface area (Å²) in [5.41, 5.74) is 0.853. The molecule has 0 aliphatic carbocycles. The minimum Gasteiger partial charge on any atom is -0.388 e. The van der Waals surface area contributed by atoms with E-state index in [-0.39, 0.29) is 12.5 Å². The molecule has 1 heterocycles. The van der Waals surface area contributed by atoms with Gasteiger partial charge < -0.3 is 15.5 Å². The van der Waals surface area contributed by atoms with Crippen LogP contribution in [-0.4, -0.2) is 33.8 Å². The number of aliphatic hydroxyl groups is 2. The lowest BCUT2D eigenvalue weighted by Crippen LogP contribution is -2.34. The largest absolute Gasteiger partial charge is 0.388 e. The van der Waals surface area contributed by atoms with Crippen LogP contribution in [0.2, 0.25) is 0 Å². The topological polar surface area (TPSA) is 82.5 Å². The highest BCUT2D eigenvalue weighted by atomic mass is 32.1. The number of carbonyl (C=O) groups is 1. The summed E-state index contributed by atoms with van der Waals surface area (Å²) in [6.45, 7) is 5.14. The van der Waals surface area contributed by atoms with Crippen molar-refractivity contribution in [3.63, 3.8) is 0 Å². The summed E-state index contributed by atoms with van der Waals surface area (Å²) < 4.78 is 0. The Balaban J connectivity index is 2.62. The van der Waals surface area contributed by atoms with Gasteiger partial charge in [-0.25, -0.2) is 4.98 Å². The van der Waals surface area contributed by atoms with Crippen molar-refractivity contribution in [3.8, 4) is 0 Å². The van der Waals surface area contributed by atoms with Gasteiger partial charge in [-0.3, -0.25) is 4.79 Å². The number of hydrogen-bond donors (Lipinski definition) is 3. The van der Waals surface area contributed by atoms with Crippen molar-refractivity contribution in [3.05, 3.63) is 15.6 Å². The van der Waals surface area contributed by atoms with E-state index in [0.717, 1.165) is 10.6 Å². The van der Waals surface area contributed by atoms with Crippen LogP contribution in [0.3, 0.4) is 0 Å². The molecule has 0 saturated heterocycles. The average molecular weight is 244 g/mol. The molecule has 0 bridgehead atoms. The second kappa shape index (κ2) is 5.38. The molecule has 90 valence electrons. The van der Waals surface area contributed by atoms with Crippen molar-refractivity contribution >= 4 is 17.2 Å². The maximum atomic E-state index is 10.6. The quantitative estimate of drug-likeness (QED) is 0.711. The Morgan fingerprint density at radius 2 is 2.12 bits per heavy atom. The number of thiazole rings is 1. The van der Waals surface area contributed by atoms with Gasteiger partial charge in [0, 0.05) is 18.3 Å². The zero-order valence-electron chi connectivity index (χ0n) is 9.52. The number of aromatic nitrogens is 1. The maximum absolute atomic E-state index is 10.6. The first-order valence-electron chi connectivity index (χ1n) is 4.96. The highest BCUT2D eigenvalue weighted by Crippen LogP contribution is 2.24. The van der Waals surface area contributed by atoms with Crippen LogP contribution in [0.25, 0.3) is 0 Å². The third-order valence-corrected chi connectivity index (χ3v) is 3.37. The van der Waals surface area contributed by atoms with Crippen molar-refractivity contribution in [1.29, 1.82) is 0 Å². The molecule has 2 unspecified atom stereocenters. The van der Waals surface area contributed by atoms with E-state index >= 15 is 0 Å². The number of carbonyl (C=O) groups excluding carboxylic acids is 1. The number of aryl methyl sites for hydroxylation is 2. The molecule has 0 radical (unpaired) electrons. The molecule has 0 fully saturated rings. The van der Waals surface area contributed by atoms with Crippen molar-refractivity contribution in [2.75, 3.05) is 6.54 Å². The smallest absolute Gasteiger partial charge is 0.216 e. The highest BCUT2D eigenvalue weighted by Gasteiger charge is 2.22. The number of hydrogen-bond acceptors (Lipinski definition) is 5. The molecule has 1 aromatic heterocycles. The van der Waals surface area contributed by atoms with Gasteiger partial charge in [0.2, 0.25) is 5.91 Å². The molecule has 0 spiro atoms. The SMILES string of the molecule is CC(=O)NCC(O)C(O)c1nc(C)c(C)s1. The van der Waals surface area contributed by atoms with Crippen LogP contribution in [0.5, 0.6) is 0 Å². The number of rotatable bonds is 4. The summed E-state index contributed by atoms with van der Waals surface area (Å²) in [5, 5.41) is 22.3. The molecule has 0 aliphatic heterocycles. The lowest BCUT2D eigenvalue weighted by Gasteiger charge is -2.15. The third kappa shape index (κ3) is 3.26. The molecule has 5 nitrogen and oxygen atoms in total. The number of aliphatic hydroxyl groups excluding tert-OH is 2. The Kier molecular flexibility index (Phi) is 4.40. The molecule has 6 heteroatoms. The summed E-state index contributed by atoms with van der Waals surface area (Å²) in [6, 6.07) is 0. The van der Waals surface area contributed by atoms with Gasteiger partial charge in [0.05, 0.1) is 5.69 Å². The fraction of sp³-hybridized carbons (Fsp3) is 0.600. The molecular formula is C10H16N2O3S. The first-order valence-corrected chi connectivity index (χ1v) is 5.78. The molecule has 0 aromatic carbocycles. The summed E-state index contributed by atoms with van der Waals surface area (Å²) in [6.07, 6.45) is -2.09.